The Kier molecular flexibility index (Phi) is 9.33. The molecule has 2 fully saturated rings. The summed E-state index contributed by atoms with van der Waals surface area (Å²) in [4.78, 5) is 22.9. The monoisotopic (exact) mass is 473 g/mol. The number of alkyl halides is 6. The minimum absolute atomic E-state index is 0.591. The fourth-order valence-corrected chi connectivity index (χ4v) is 3.53. The van der Waals surface area contributed by atoms with E-state index in [9.17, 15) is 26.3 Å². The van der Waals surface area contributed by atoms with Crippen LogP contribution in [0.2, 0.25) is 0 Å². The molecule has 3 heterocycles. The van der Waals surface area contributed by atoms with Crippen LogP contribution < -0.4 is 0 Å². The van der Waals surface area contributed by atoms with Crippen LogP contribution in [0.15, 0.2) is 31.0 Å². The van der Waals surface area contributed by atoms with E-state index in [0.717, 1.165) is 13.1 Å². The summed E-state index contributed by atoms with van der Waals surface area (Å²) in [5, 5.41) is 14.2. The zero-order chi connectivity index (χ0) is 24.7. The number of aliphatic carboxylic acids is 2. The van der Waals surface area contributed by atoms with Crippen molar-refractivity contribution in [1.29, 1.82) is 0 Å². The summed E-state index contributed by atoms with van der Waals surface area (Å²) in [7, 11) is 2.13. The maximum Gasteiger partial charge on any atom is 0.490 e. The topological polar surface area (TPSA) is 86.0 Å². The lowest BCUT2D eigenvalue weighted by molar-refractivity contribution is -0.193. The van der Waals surface area contributed by atoms with E-state index in [-0.39, 0.29) is 0 Å². The molecule has 0 aromatic carbocycles. The molecule has 182 valence electrons. The van der Waals surface area contributed by atoms with E-state index >= 15 is 0 Å². The molecule has 1 aromatic rings. The van der Waals surface area contributed by atoms with Gasteiger partial charge in [0, 0.05) is 57.1 Å². The summed E-state index contributed by atoms with van der Waals surface area (Å²) in [6, 6.07) is 4.36. The Morgan fingerprint density at radius 1 is 1.06 bits per heavy atom. The van der Waals surface area contributed by atoms with Gasteiger partial charge >= 0.3 is 24.3 Å². The summed E-state index contributed by atoms with van der Waals surface area (Å²) in [6.45, 7) is 11.1. The van der Waals surface area contributed by atoms with Crippen LogP contribution in [0.4, 0.5) is 26.3 Å². The smallest absolute Gasteiger partial charge is 0.475 e. The maximum atomic E-state index is 10.6. The Morgan fingerprint density at radius 3 is 1.91 bits per heavy atom. The fourth-order valence-electron chi connectivity index (χ4n) is 3.53. The van der Waals surface area contributed by atoms with E-state index in [1.807, 2.05) is 6.08 Å². The molecule has 2 N–H and O–H groups in total. The molecule has 0 atom stereocenters. The molecule has 7 nitrogen and oxygen atoms in total. The Bertz CT molecular complexity index is 761. The number of hydrogen-bond acceptors (Lipinski definition) is 4. The molecule has 0 saturated carbocycles. The lowest BCUT2D eigenvalue weighted by atomic mass is 9.79. The summed E-state index contributed by atoms with van der Waals surface area (Å²) < 4.78 is 65.7. The number of halogens is 6. The molecule has 13 heteroatoms. The second kappa shape index (κ2) is 10.9. The number of carboxylic acid groups (broad SMARTS) is 2. The summed E-state index contributed by atoms with van der Waals surface area (Å²) >= 11 is 0. The second-order valence-electron chi connectivity index (χ2n) is 7.64. The van der Waals surface area contributed by atoms with Gasteiger partial charge in [-0.15, -0.1) is 6.58 Å². The zero-order valence-corrected chi connectivity index (χ0v) is 17.3. The van der Waals surface area contributed by atoms with Gasteiger partial charge in [-0.1, -0.05) is 6.08 Å². The number of carboxylic acids is 2. The molecule has 1 spiro atoms. The predicted molar refractivity (Wildman–Crippen MR) is 102 cm³/mol. The van der Waals surface area contributed by atoms with Crippen molar-refractivity contribution in [2.24, 2.45) is 12.5 Å². The van der Waals surface area contributed by atoms with Gasteiger partial charge < -0.3 is 14.8 Å². The number of hydrogen-bond donors (Lipinski definition) is 2. The standard InChI is InChI=1S/C15H23N3.2C2HF3O2/c1-3-7-17-9-6-15(11-17)12-18(13-15)10-14-5-4-8-16(14)2;2*3-2(4,5)1(6)7/h3-5,8H,1,6-7,9-13H2,2H3;2*(H,6,7). The van der Waals surface area contributed by atoms with Crippen LogP contribution in [0.5, 0.6) is 0 Å². The maximum absolute atomic E-state index is 10.6. The second-order valence-corrected chi connectivity index (χ2v) is 7.64. The number of carbonyl (C=O) groups is 2. The molecule has 2 aliphatic rings. The predicted octanol–water partition coefficient (Wildman–Crippen LogP) is 2.99. The third-order valence-corrected chi connectivity index (χ3v) is 4.94. The lowest BCUT2D eigenvalue weighted by Crippen LogP contribution is -2.56. The van der Waals surface area contributed by atoms with Gasteiger partial charge in [0.25, 0.3) is 0 Å². The summed E-state index contributed by atoms with van der Waals surface area (Å²) in [5.41, 5.74) is 2.01. The summed E-state index contributed by atoms with van der Waals surface area (Å²) in [6.07, 6.45) is -4.64. The van der Waals surface area contributed by atoms with Gasteiger partial charge in [0.2, 0.25) is 0 Å². The third-order valence-electron chi connectivity index (χ3n) is 4.94. The molecule has 0 aliphatic carbocycles. The first-order valence-corrected chi connectivity index (χ1v) is 9.36. The van der Waals surface area contributed by atoms with Gasteiger partial charge in [-0.2, -0.15) is 26.3 Å². The van der Waals surface area contributed by atoms with E-state index in [4.69, 9.17) is 19.8 Å². The highest BCUT2D eigenvalue weighted by Gasteiger charge is 2.47. The molecule has 0 unspecified atom stereocenters. The SMILES string of the molecule is C=CCN1CCC2(C1)CN(Cc1cccn1C)C2.O=C(O)C(F)(F)F.O=C(O)C(F)(F)F. The van der Waals surface area contributed by atoms with Crippen molar-refractivity contribution in [3.05, 3.63) is 36.7 Å². The quantitative estimate of drug-likeness (QED) is 0.517. The van der Waals surface area contributed by atoms with Gasteiger partial charge in [0.05, 0.1) is 0 Å². The van der Waals surface area contributed by atoms with E-state index in [1.54, 1.807) is 0 Å². The van der Waals surface area contributed by atoms with Crippen molar-refractivity contribution >= 4 is 11.9 Å². The molecule has 1 aromatic heterocycles. The molecule has 3 rings (SSSR count). The Balaban J connectivity index is 0.000000305. The van der Waals surface area contributed by atoms with Crippen molar-refractivity contribution in [2.75, 3.05) is 32.7 Å². The van der Waals surface area contributed by atoms with Gasteiger partial charge in [-0.3, -0.25) is 9.80 Å². The third kappa shape index (κ3) is 8.54. The van der Waals surface area contributed by atoms with Crippen LogP contribution in [-0.2, 0) is 23.2 Å². The van der Waals surface area contributed by atoms with Crippen molar-refractivity contribution in [2.45, 2.75) is 25.3 Å². The fraction of sp³-hybridized carbons (Fsp3) is 0.579. The van der Waals surface area contributed by atoms with Crippen molar-refractivity contribution in [3.8, 4) is 0 Å². The van der Waals surface area contributed by atoms with Crippen LogP contribution in [0.25, 0.3) is 0 Å². The van der Waals surface area contributed by atoms with Crippen LogP contribution >= 0.6 is 0 Å². The molecule has 0 radical (unpaired) electrons. The highest BCUT2D eigenvalue weighted by atomic mass is 19.4. The Labute approximate surface area is 180 Å². The van der Waals surface area contributed by atoms with Gasteiger partial charge in [-0.05, 0) is 25.1 Å². The number of rotatable bonds is 4. The Hall–Kier alpha value is -2.54. The van der Waals surface area contributed by atoms with Crippen molar-refractivity contribution in [1.82, 2.24) is 14.4 Å². The number of nitrogens with zero attached hydrogens (tertiary/aromatic N) is 3. The van der Waals surface area contributed by atoms with Gasteiger partial charge in [-0.25, -0.2) is 9.59 Å². The van der Waals surface area contributed by atoms with E-state index in [1.165, 1.54) is 38.3 Å². The first-order chi connectivity index (χ1) is 14.6. The van der Waals surface area contributed by atoms with E-state index < -0.39 is 24.3 Å². The highest BCUT2D eigenvalue weighted by molar-refractivity contribution is 5.73. The summed E-state index contributed by atoms with van der Waals surface area (Å²) in [5.74, 6) is -5.51. The van der Waals surface area contributed by atoms with Gasteiger partial charge in [0.15, 0.2) is 0 Å². The van der Waals surface area contributed by atoms with Crippen LogP contribution in [0.3, 0.4) is 0 Å². The molecule has 2 saturated heterocycles. The van der Waals surface area contributed by atoms with Crippen LogP contribution in [-0.4, -0.2) is 81.6 Å². The van der Waals surface area contributed by atoms with Crippen LogP contribution in [0.1, 0.15) is 12.1 Å². The van der Waals surface area contributed by atoms with E-state index in [2.05, 4.69) is 46.3 Å². The lowest BCUT2D eigenvalue weighted by Gasteiger charge is -2.48. The normalized spacial score (nSPS) is 18.1. The van der Waals surface area contributed by atoms with Crippen molar-refractivity contribution in [3.63, 3.8) is 0 Å². The average molecular weight is 473 g/mol. The molecule has 0 amide bonds. The molecular formula is C19H25F6N3O4. The van der Waals surface area contributed by atoms with Gasteiger partial charge in [0.1, 0.15) is 0 Å². The first-order valence-electron chi connectivity index (χ1n) is 9.36. The highest BCUT2D eigenvalue weighted by Crippen LogP contribution is 2.40. The zero-order valence-electron chi connectivity index (χ0n) is 17.3. The number of aryl methyl sites for hydroxylation is 1. The molecule has 0 bridgehead atoms. The first kappa shape index (κ1) is 27.5. The number of likely N-dealkylation sites (tertiary alicyclic amines) is 2. The molecular weight excluding hydrogens is 448 g/mol. The van der Waals surface area contributed by atoms with E-state index in [0.29, 0.717) is 5.41 Å². The van der Waals surface area contributed by atoms with Crippen LogP contribution in [0, 0.1) is 5.41 Å². The number of aromatic nitrogens is 1. The largest absolute Gasteiger partial charge is 0.490 e. The van der Waals surface area contributed by atoms with Crippen molar-refractivity contribution < 1.29 is 46.1 Å². The average Bonchev–Trinajstić information content (AvgIpc) is 3.21. The molecule has 2 aliphatic heterocycles. The minimum atomic E-state index is -5.08. The molecule has 32 heavy (non-hydrogen) atoms. The Morgan fingerprint density at radius 2 is 1.53 bits per heavy atom. The minimum Gasteiger partial charge on any atom is -0.475 e.